The van der Waals surface area contributed by atoms with Crippen molar-refractivity contribution < 1.29 is 4.74 Å². The highest BCUT2D eigenvalue weighted by molar-refractivity contribution is 5.41. The Morgan fingerprint density at radius 2 is 1.88 bits per heavy atom. The number of aryl methyl sites for hydroxylation is 1. The molecule has 0 unspecified atom stereocenters. The van der Waals surface area contributed by atoms with Crippen molar-refractivity contribution in [3.05, 3.63) is 54.4 Å². The second kappa shape index (κ2) is 3.90. The molecule has 0 atom stereocenters. The van der Waals surface area contributed by atoms with Gasteiger partial charge >= 0.3 is 0 Å². The van der Waals surface area contributed by atoms with Crippen LogP contribution < -0.4 is 4.74 Å². The molecule has 0 fully saturated rings. The molecule has 0 N–H and O–H groups in total. The van der Waals surface area contributed by atoms with Gasteiger partial charge in [0.15, 0.2) is 5.65 Å². The number of ether oxygens (including phenoxy) is 1. The van der Waals surface area contributed by atoms with Crippen LogP contribution in [0.2, 0.25) is 0 Å². The highest BCUT2D eigenvalue weighted by atomic mass is 16.5. The summed E-state index contributed by atoms with van der Waals surface area (Å²) in [7, 11) is 0. The summed E-state index contributed by atoms with van der Waals surface area (Å²) in [5.74, 6) is 1.51. The molecule has 4 nitrogen and oxygen atoms in total. The maximum absolute atomic E-state index is 5.79. The molecule has 0 amide bonds. The smallest absolute Gasteiger partial charge is 0.207 e. The van der Waals surface area contributed by atoms with Crippen molar-refractivity contribution in [1.82, 2.24) is 14.6 Å². The van der Waals surface area contributed by atoms with Gasteiger partial charge in [-0.1, -0.05) is 23.8 Å². The maximum Gasteiger partial charge on any atom is 0.207 e. The molecule has 0 saturated heterocycles. The molecule has 0 spiro atoms. The lowest BCUT2D eigenvalue weighted by atomic mass is 10.2. The van der Waals surface area contributed by atoms with Crippen molar-refractivity contribution in [3.8, 4) is 11.6 Å². The summed E-state index contributed by atoms with van der Waals surface area (Å²) in [5, 5.41) is 7.82. The summed E-state index contributed by atoms with van der Waals surface area (Å²) in [6, 6.07) is 13.6. The molecule has 17 heavy (non-hydrogen) atoms. The highest BCUT2D eigenvalue weighted by Gasteiger charge is 2.03. The van der Waals surface area contributed by atoms with Crippen molar-refractivity contribution in [2.75, 3.05) is 0 Å². The zero-order valence-corrected chi connectivity index (χ0v) is 9.37. The largest absolute Gasteiger partial charge is 0.440 e. The SMILES string of the molecule is Cc1ccc(Oc2cccc3nncn23)cc1. The summed E-state index contributed by atoms with van der Waals surface area (Å²) >= 11 is 0. The van der Waals surface area contributed by atoms with Crippen molar-refractivity contribution in [1.29, 1.82) is 0 Å². The molecule has 0 saturated carbocycles. The van der Waals surface area contributed by atoms with E-state index in [4.69, 9.17) is 4.74 Å². The van der Waals surface area contributed by atoms with E-state index >= 15 is 0 Å². The van der Waals surface area contributed by atoms with Crippen LogP contribution in [0.1, 0.15) is 5.56 Å². The third-order valence-electron chi connectivity index (χ3n) is 2.54. The van der Waals surface area contributed by atoms with Crippen LogP contribution in [0, 0.1) is 6.92 Å². The lowest BCUT2D eigenvalue weighted by molar-refractivity contribution is 0.456. The predicted molar refractivity (Wildman–Crippen MR) is 64.2 cm³/mol. The van der Waals surface area contributed by atoms with E-state index in [9.17, 15) is 0 Å². The van der Waals surface area contributed by atoms with E-state index in [1.165, 1.54) is 5.56 Å². The number of aromatic nitrogens is 3. The van der Waals surface area contributed by atoms with Gasteiger partial charge in [-0.25, -0.2) is 0 Å². The van der Waals surface area contributed by atoms with Crippen LogP contribution in [0.5, 0.6) is 11.6 Å². The topological polar surface area (TPSA) is 39.4 Å². The molecule has 2 aromatic heterocycles. The van der Waals surface area contributed by atoms with Crippen molar-refractivity contribution in [3.63, 3.8) is 0 Å². The fourth-order valence-electron chi connectivity index (χ4n) is 1.63. The van der Waals surface area contributed by atoms with Crippen LogP contribution in [-0.2, 0) is 0 Å². The molecule has 0 radical (unpaired) electrons. The fourth-order valence-corrected chi connectivity index (χ4v) is 1.63. The molecule has 3 aromatic rings. The zero-order valence-electron chi connectivity index (χ0n) is 9.37. The first-order valence-corrected chi connectivity index (χ1v) is 5.36. The number of pyridine rings is 1. The van der Waals surface area contributed by atoms with Crippen LogP contribution in [0.3, 0.4) is 0 Å². The van der Waals surface area contributed by atoms with E-state index < -0.39 is 0 Å². The second-order valence-corrected chi connectivity index (χ2v) is 3.84. The molecule has 1 aromatic carbocycles. The number of hydrogen-bond acceptors (Lipinski definition) is 3. The van der Waals surface area contributed by atoms with E-state index in [2.05, 4.69) is 10.2 Å². The number of rotatable bonds is 2. The molecule has 0 aliphatic carbocycles. The number of fused-ring (bicyclic) bond motifs is 1. The predicted octanol–water partition coefficient (Wildman–Crippen LogP) is 2.83. The minimum Gasteiger partial charge on any atom is -0.440 e. The Labute approximate surface area is 98.5 Å². The lowest BCUT2D eigenvalue weighted by Gasteiger charge is -2.07. The molecule has 84 valence electrons. The Morgan fingerprint density at radius 3 is 2.71 bits per heavy atom. The fraction of sp³-hybridized carbons (Fsp3) is 0.0769. The molecule has 2 heterocycles. The number of benzene rings is 1. The summed E-state index contributed by atoms with van der Waals surface area (Å²) in [6.45, 7) is 2.05. The third-order valence-corrected chi connectivity index (χ3v) is 2.54. The Kier molecular flexibility index (Phi) is 2.26. The van der Waals surface area contributed by atoms with Crippen molar-refractivity contribution in [2.45, 2.75) is 6.92 Å². The first-order chi connectivity index (χ1) is 8.33. The van der Waals surface area contributed by atoms with E-state index in [-0.39, 0.29) is 0 Å². The standard InChI is InChI=1S/C13H11N3O/c1-10-5-7-11(8-6-10)17-13-4-2-3-12-15-14-9-16(12)13/h2-9H,1H3. The first-order valence-electron chi connectivity index (χ1n) is 5.36. The van der Waals surface area contributed by atoms with E-state index in [0.717, 1.165) is 11.4 Å². The van der Waals surface area contributed by atoms with Gasteiger partial charge in [-0.05, 0) is 31.2 Å². The van der Waals surface area contributed by atoms with Gasteiger partial charge in [0.05, 0.1) is 0 Å². The lowest BCUT2D eigenvalue weighted by Crippen LogP contribution is -1.92. The van der Waals surface area contributed by atoms with Gasteiger partial charge in [-0.3, -0.25) is 4.40 Å². The van der Waals surface area contributed by atoms with Crippen LogP contribution >= 0.6 is 0 Å². The second-order valence-electron chi connectivity index (χ2n) is 3.84. The van der Waals surface area contributed by atoms with E-state index in [1.807, 2.05) is 49.4 Å². The minimum atomic E-state index is 0.705. The van der Waals surface area contributed by atoms with E-state index in [1.54, 1.807) is 10.7 Å². The monoisotopic (exact) mass is 225 g/mol. The van der Waals surface area contributed by atoms with Gasteiger partial charge in [-0.2, -0.15) is 0 Å². The van der Waals surface area contributed by atoms with Gasteiger partial charge in [-0.15, -0.1) is 10.2 Å². The zero-order chi connectivity index (χ0) is 11.7. The van der Waals surface area contributed by atoms with E-state index in [0.29, 0.717) is 5.88 Å². The maximum atomic E-state index is 5.79. The molecule has 4 heteroatoms. The van der Waals surface area contributed by atoms with Gasteiger partial charge in [0.25, 0.3) is 0 Å². The Balaban J connectivity index is 1.99. The van der Waals surface area contributed by atoms with Crippen molar-refractivity contribution in [2.24, 2.45) is 0 Å². The summed E-state index contributed by atoms with van der Waals surface area (Å²) in [4.78, 5) is 0. The average molecular weight is 225 g/mol. The van der Waals surface area contributed by atoms with Crippen LogP contribution in [0.4, 0.5) is 0 Å². The van der Waals surface area contributed by atoms with Gasteiger partial charge in [0.1, 0.15) is 12.1 Å². The third kappa shape index (κ3) is 1.85. The summed E-state index contributed by atoms with van der Waals surface area (Å²) < 4.78 is 7.59. The van der Waals surface area contributed by atoms with Gasteiger partial charge in [0.2, 0.25) is 5.88 Å². The van der Waals surface area contributed by atoms with Crippen LogP contribution in [0.15, 0.2) is 48.8 Å². The molecular weight excluding hydrogens is 214 g/mol. The molecule has 0 aliphatic rings. The summed E-state index contributed by atoms with van der Waals surface area (Å²) in [5.41, 5.74) is 1.98. The average Bonchev–Trinajstić information content (AvgIpc) is 2.81. The quantitative estimate of drug-likeness (QED) is 0.673. The Bertz CT molecular complexity index is 643. The molecule has 0 bridgehead atoms. The van der Waals surface area contributed by atoms with Gasteiger partial charge in [0, 0.05) is 0 Å². The normalized spacial score (nSPS) is 10.6. The minimum absolute atomic E-state index is 0.705. The number of nitrogens with zero attached hydrogens (tertiary/aromatic N) is 3. The molecule has 3 rings (SSSR count). The summed E-state index contributed by atoms with van der Waals surface area (Å²) in [6.07, 6.45) is 1.64. The highest BCUT2D eigenvalue weighted by Crippen LogP contribution is 2.21. The Morgan fingerprint density at radius 1 is 1.06 bits per heavy atom. The molecular formula is C13H11N3O. The van der Waals surface area contributed by atoms with Crippen LogP contribution in [0.25, 0.3) is 5.65 Å². The number of hydrogen-bond donors (Lipinski definition) is 0. The first kappa shape index (κ1) is 9.84. The van der Waals surface area contributed by atoms with Gasteiger partial charge < -0.3 is 4.74 Å². The van der Waals surface area contributed by atoms with Crippen molar-refractivity contribution >= 4 is 5.65 Å². The molecule has 0 aliphatic heterocycles. The Hall–Kier alpha value is -2.36. The van der Waals surface area contributed by atoms with Crippen LogP contribution in [-0.4, -0.2) is 14.6 Å².